The Balaban J connectivity index is 2.76. The number of carbonyl (C=O) groups excluding carboxylic acids is 1. The number of carbonyl (C=O) groups is 1. The lowest BCUT2D eigenvalue weighted by Gasteiger charge is -2.15. The minimum atomic E-state index is -0.269. The average Bonchev–Trinajstić information content (AvgIpc) is 2.47. The molecule has 3 N–H and O–H groups in total. The summed E-state index contributed by atoms with van der Waals surface area (Å²) >= 11 is 3.43. The number of nitrogens with zero attached hydrogens (tertiary/aromatic N) is 2. The number of nitrogens with two attached hydrogens (primary N) is 1. The molecule has 0 unspecified atom stereocenters. The molecular formula is C15H17BrN4O2. The van der Waals surface area contributed by atoms with E-state index >= 15 is 0 Å². The molecule has 1 aromatic carbocycles. The van der Waals surface area contributed by atoms with Gasteiger partial charge in [-0.2, -0.15) is 0 Å². The molecule has 2 rings (SSSR count). The van der Waals surface area contributed by atoms with Gasteiger partial charge in [0, 0.05) is 17.1 Å². The van der Waals surface area contributed by atoms with Crippen molar-refractivity contribution in [3.05, 3.63) is 33.9 Å². The largest absolute Gasteiger partial charge is 0.493 e. The molecule has 1 heterocycles. The topological polar surface area (TPSA) is 90.1 Å². The van der Waals surface area contributed by atoms with Crippen LogP contribution in [0.5, 0.6) is 5.75 Å². The maximum absolute atomic E-state index is 12.2. The zero-order chi connectivity index (χ0) is 16.3. The van der Waals surface area contributed by atoms with Crippen LogP contribution in [0.2, 0.25) is 0 Å². The van der Waals surface area contributed by atoms with Crippen molar-refractivity contribution in [2.45, 2.75) is 13.8 Å². The van der Waals surface area contributed by atoms with Gasteiger partial charge in [-0.05, 0) is 32.0 Å². The summed E-state index contributed by atoms with van der Waals surface area (Å²) in [6, 6.07) is 5.54. The fourth-order valence-electron chi connectivity index (χ4n) is 2.15. The van der Waals surface area contributed by atoms with Crippen molar-refractivity contribution in [1.82, 2.24) is 15.3 Å². The first kappa shape index (κ1) is 16.2. The van der Waals surface area contributed by atoms with E-state index < -0.39 is 0 Å². The lowest BCUT2D eigenvalue weighted by Crippen LogP contribution is -2.22. The Morgan fingerprint density at radius 3 is 2.77 bits per heavy atom. The highest BCUT2D eigenvalue weighted by molar-refractivity contribution is 9.10. The van der Waals surface area contributed by atoms with Crippen LogP contribution in [-0.4, -0.2) is 29.5 Å². The standard InChI is InChI=1S/C15H17BrN4O2/c1-4-22-11-6-5-9(16)7-10(11)13-12(14(21)18-3)8(2)19-15(17)20-13/h5-7H,4H2,1-3H3,(H,18,21)(H2,17,19,20). The van der Waals surface area contributed by atoms with Gasteiger partial charge in [-0.3, -0.25) is 4.79 Å². The Kier molecular flexibility index (Phi) is 4.97. The Labute approximate surface area is 137 Å². The van der Waals surface area contributed by atoms with Crippen LogP contribution in [0.4, 0.5) is 5.95 Å². The molecule has 0 aliphatic carbocycles. The number of amides is 1. The first-order valence-corrected chi connectivity index (χ1v) is 7.56. The molecule has 116 valence electrons. The third-order valence-corrected chi connectivity index (χ3v) is 3.55. The fourth-order valence-corrected chi connectivity index (χ4v) is 2.52. The average molecular weight is 365 g/mol. The van der Waals surface area contributed by atoms with E-state index in [2.05, 4.69) is 31.2 Å². The van der Waals surface area contributed by atoms with Crippen LogP contribution in [0, 0.1) is 6.92 Å². The van der Waals surface area contributed by atoms with Gasteiger partial charge in [0.15, 0.2) is 0 Å². The van der Waals surface area contributed by atoms with Crippen molar-refractivity contribution in [2.24, 2.45) is 0 Å². The molecule has 0 radical (unpaired) electrons. The Bertz CT molecular complexity index is 719. The van der Waals surface area contributed by atoms with Crippen molar-refractivity contribution in [3.8, 4) is 17.0 Å². The SMILES string of the molecule is CCOc1ccc(Br)cc1-c1nc(N)nc(C)c1C(=O)NC. The van der Waals surface area contributed by atoms with Crippen molar-refractivity contribution in [2.75, 3.05) is 19.4 Å². The predicted molar refractivity (Wildman–Crippen MR) is 88.9 cm³/mol. The van der Waals surface area contributed by atoms with E-state index in [1.165, 1.54) is 0 Å². The number of nitrogens with one attached hydrogen (secondary N) is 1. The second-order valence-electron chi connectivity index (χ2n) is 4.54. The molecule has 0 aliphatic heterocycles. The van der Waals surface area contributed by atoms with E-state index in [-0.39, 0.29) is 11.9 Å². The smallest absolute Gasteiger partial charge is 0.255 e. The van der Waals surface area contributed by atoms with Crippen LogP contribution in [0.15, 0.2) is 22.7 Å². The molecule has 0 saturated heterocycles. The molecule has 0 aliphatic rings. The third-order valence-electron chi connectivity index (χ3n) is 3.06. The molecule has 0 atom stereocenters. The summed E-state index contributed by atoms with van der Waals surface area (Å²) in [5.41, 5.74) is 7.81. The van der Waals surface area contributed by atoms with E-state index in [1.807, 2.05) is 25.1 Å². The number of benzene rings is 1. The number of rotatable bonds is 4. The van der Waals surface area contributed by atoms with Gasteiger partial charge in [0.25, 0.3) is 5.91 Å². The second-order valence-corrected chi connectivity index (χ2v) is 5.46. The van der Waals surface area contributed by atoms with Crippen LogP contribution < -0.4 is 15.8 Å². The van der Waals surface area contributed by atoms with Crippen molar-refractivity contribution >= 4 is 27.8 Å². The monoisotopic (exact) mass is 364 g/mol. The van der Waals surface area contributed by atoms with Gasteiger partial charge in [-0.25, -0.2) is 9.97 Å². The van der Waals surface area contributed by atoms with Crippen molar-refractivity contribution < 1.29 is 9.53 Å². The lowest BCUT2D eigenvalue weighted by atomic mass is 10.0. The summed E-state index contributed by atoms with van der Waals surface area (Å²) in [6.07, 6.45) is 0. The summed E-state index contributed by atoms with van der Waals surface area (Å²) in [6.45, 7) is 4.12. The van der Waals surface area contributed by atoms with Gasteiger partial charge in [-0.15, -0.1) is 0 Å². The Hall–Kier alpha value is -2.15. The van der Waals surface area contributed by atoms with Gasteiger partial charge in [-0.1, -0.05) is 15.9 Å². The zero-order valence-corrected chi connectivity index (χ0v) is 14.2. The summed E-state index contributed by atoms with van der Waals surface area (Å²) in [5, 5.41) is 2.61. The van der Waals surface area contributed by atoms with E-state index in [0.717, 1.165) is 4.47 Å². The molecule has 0 bridgehead atoms. The number of hydrogen-bond donors (Lipinski definition) is 2. The van der Waals surface area contributed by atoms with E-state index in [9.17, 15) is 4.79 Å². The minimum absolute atomic E-state index is 0.113. The zero-order valence-electron chi connectivity index (χ0n) is 12.6. The fraction of sp³-hybridized carbons (Fsp3) is 0.267. The number of halogens is 1. The molecule has 1 aromatic heterocycles. The number of aryl methyl sites for hydroxylation is 1. The first-order valence-electron chi connectivity index (χ1n) is 6.76. The summed E-state index contributed by atoms with van der Waals surface area (Å²) in [7, 11) is 1.56. The normalized spacial score (nSPS) is 10.4. The van der Waals surface area contributed by atoms with Gasteiger partial charge in [0.05, 0.1) is 23.6 Å². The molecule has 7 heteroatoms. The molecule has 1 amide bonds. The highest BCUT2D eigenvalue weighted by Crippen LogP contribution is 2.34. The van der Waals surface area contributed by atoms with Gasteiger partial charge >= 0.3 is 0 Å². The first-order chi connectivity index (χ1) is 10.5. The summed E-state index contributed by atoms with van der Waals surface area (Å²) < 4.78 is 6.49. The van der Waals surface area contributed by atoms with Crippen LogP contribution in [-0.2, 0) is 0 Å². The van der Waals surface area contributed by atoms with Gasteiger partial charge < -0.3 is 15.8 Å². The molecule has 0 fully saturated rings. The van der Waals surface area contributed by atoms with E-state index in [1.54, 1.807) is 14.0 Å². The van der Waals surface area contributed by atoms with Crippen LogP contribution >= 0.6 is 15.9 Å². The molecule has 0 spiro atoms. The number of anilines is 1. The Morgan fingerprint density at radius 2 is 2.14 bits per heavy atom. The maximum atomic E-state index is 12.2. The van der Waals surface area contributed by atoms with Crippen LogP contribution in [0.3, 0.4) is 0 Å². The van der Waals surface area contributed by atoms with Crippen LogP contribution in [0.1, 0.15) is 23.0 Å². The molecule has 6 nitrogen and oxygen atoms in total. The highest BCUT2D eigenvalue weighted by atomic mass is 79.9. The van der Waals surface area contributed by atoms with Crippen molar-refractivity contribution in [1.29, 1.82) is 0 Å². The number of ether oxygens (including phenoxy) is 1. The van der Waals surface area contributed by atoms with Crippen LogP contribution in [0.25, 0.3) is 11.3 Å². The second kappa shape index (κ2) is 6.74. The van der Waals surface area contributed by atoms with E-state index in [0.29, 0.717) is 34.9 Å². The number of hydrogen-bond acceptors (Lipinski definition) is 5. The lowest BCUT2D eigenvalue weighted by molar-refractivity contribution is 0.0962. The maximum Gasteiger partial charge on any atom is 0.255 e. The molecule has 0 saturated carbocycles. The third kappa shape index (κ3) is 3.19. The number of aromatic nitrogens is 2. The van der Waals surface area contributed by atoms with Gasteiger partial charge in [0.1, 0.15) is 5.75 Å². The van der Waals surface area contributed by atoms with E-state index in [4.69, 9.17) is 10.5 Å². The molecule has 22 heavy (non-hydrogen) atoms. The Morgan fingerprint density at radius 1 is 1.41 bits per heavy atom. The predicted octanol–water partition coefficient (Wildman–Crippen LogP) is 2.56. The van der Waals surface area contributed by atoms with Gasteiger partial charge in [0.2, 0.25) is 5.95 Å². The quantitative estimate of drug-likeness (QED) is 0.869. The molecular weight excluding hydrogens is 348 g/mol. The molecule has 2 aromatic rings. The summed E-state index contributed by atoms with van der Waals surface area (Å²) in [4.78, 5) is 20.6. The van der Waals surface area contributed by atoms with Crippen molar-refractivity contribution in [3.63, 3.8) is 0 Å². The minimum Gasteiger partial charge on any atom is -0.493 e. The highest BCUT2D eigenvalue weighted by Gasteiger charge is 2.21. The summed E-state index contributed by atoms with van der Waals surface area (Å²) in [5.74, 6) is 0.478. The number of nitrogen functional groups attached to an aromatic ring is 1.